The maximum Gasteiger partial charge on any atom is 0.253 e. The van der Waals surface area contributed by atoms with Crippen LogP contribution in [-0.2, 0) is 6.54 Å². The number of nitrogens with zero attached hydrogens (tertiary/aromatic N) is 2. The van der Waals surface area contributed by atoms with Crippen molar-refractivity contribution in [1.29, 1.82) is 0 Å². The smallest absolute Gasteiger partial charge is 0.253 e. The highest BCUT2D eigenvalue weighted by molar-refractivity contribution is 6.30. The lowest BCUT2D eigenvalue weighted by atomic mass is 10.2. The summed E-state index contributed by atoms with van der Waals surface area (Å²) in [6.07, 6.45) is 3.37. The highest BCUT2D eigenvalue weighted by atomic mass is 35.5. The van der Waals surface area contributed by atoms with Gasteiger partial charge in [0, 0.05) is 30.9 Å². The minimum absolute atomic E-state index is 0.128. The molecule has 1 aromatic heterocycles. The molecule has 2 rings (SSSR count). The molecule has 1 N–H and O–H groups in total. The molecule has 0 spiro atoms. The summed E-state index contributed by atoms with van der Waals surface area (Å²) in [5, 5.41) is 3.58. The van der Waals surface area contributed by atoms with Gasteiger partial charge in [-0.3, -0.25) is 9.78 Å². The number of pyridine rings is 1. The molecule has 0 aliphatic rings. The molecule has 1 amide bonds. The molecule has 0 saturated heterocycles. The van der Waals surface area contributed by atoms with E-state index in [2.05, 4.69) is 29.0 Å². The fraction of sp³-hybridized carbons (Fsp3) is 0.294. The first kappa shape index (κ1) is 16.3. The summed E-state index contributed by atoms with van der Waals surface area (Å²) in [4.78, 5) is 18.6. The van der Waals surface area contributed by atoms with E-state index in [1.165, 1.54) is 0 Å². The van der Waals surface area contributed by atoms with E-state index >= 15 is 0 Å². The van der Waals surface area contributed by atoms with Crippen LogP contribution < -0.4 is 10.2 Å². The van der Waals surface area contributed by atoms with E-state index in [0.29, 0.717) is 17.1 Å². The van der Waals surface area contributed by atoms with Crippen molar-refractivity contribution < 1.29 is 4.79 Å². The van der Waals surface area contributed by atoms with Crippen LogP contribution in [0.4, 0.5) is 5.69 Å². The predicted molar refractivity (Wildman–Crippen MR) is 90.4 cm³/mol. The van der Waals surface area contributed by atoms with Crippen LogP contribution in [0.1, 0.15) is 29.8 Å². The number of hydrogen-bond donors (Lipinski definition) is 1. The second kappa shape index (κ2) is 7.80. The topological polar surface area (TPSA) is 45.2 Å². The summed E-state index contributed by atoms with van der Waals surface area (Å²) < 4.78 is 0. The number of nitrogens with one attached hydrogen (secondary N) is 1. The lowest BCUT2D eigenvalue weighted by molar-refractivity contribution is 0.0950. The Kier molecular flexibility index (Phi) is 5.78. The van der Waals surface area contributed by atoms with E-state index in [4.69, 9.17) is 11.6 Å². The van der Waals surface area contributed by atoms with Gasteiger partial charge in [0.2, 0.25) is 0 Å². The van der Waals surface area contributed by atoms with E-state index in [-0.39, 0.29) is 5.91 Å². The lowest BCUT2D eigenvalue weighted by Gasteiger charge is -2.20. The zero-order valence-electron chi connectivity index (χ0n) is 12.8. The molecule has 5 heteroatoms. The summed E-state index contributed by atoms with van der Waals surface area (Å²) in [6, 6.07) is 9.29. The van der Waals surface area contributed by atoms with Crippen molar-refractivity contribution in [3.05, 3.63) is 58.9 Å². The number of anilines is 1. The summed E-state index contributed by atoms with van der Waals surface area (Å²) in [5.41, 5.74) is 2.54. The molecule has 0 saturated carbocycles. The summed E-state index contributed by atoms with van der Waals surface area (Å²) in [5.74, 6) is -0.128. The quantitative estimate of drug-likeness (QED) is 0.886. The van der Waals surface area contributed by atoms with Crippen molar-refractivity contribution in [1.82, 2.24) is 10.3 Å². The summed E-state index contributed by atoms with van der Waals surface area (Å²) >= 11 is 5.84. The SMILES string of the molecule is CCN(CC)c1cncc(C(=O)NCc2ccc(Cl)cc2)c1. The Balaban J connectivity index is 2.03. The van der Waals surface area contributed by atoms with Crippen LogP contribution in [-0.4, -0.2) is 24.0 Å². The Morgan fingerprint density at radius 3 is 2.50 bits per heavy atom. The van der Waals surface area contributed by atoms with Crippen LogP contribution in [0.3, 0.4) is 0 Å². The average Bonchev–Trinajstić information content (AvgIpc) is 2.55. The fourth-order valence-electron chi connectivity index (χ4n) is 2.20. The number of carbonyl (C=O) groups is 1. The van der Waals surface area contributed by atoms with Gasteiger partial charge in [-0.05, 0) is 37.6 Å². The number of carbonyl (C=O) groups excluding carboxylic acids is 1. The first-order chi connectivity index (χ1) is 10.6. The second-order valence-electron chi connectivity index (χ2n) is 4.91. The minimum Gasteiger partial charge on any atom is -0.371 e. The molecule has 0 radical (unpaired) electrons. The Labute approximate surface area is 136 Å². The molecule has 22 heavy (non-hydrogen) atoms. The molecule has 0 aliphatic heterocycles. The largest absolute Gasteiger partial charge is 0.371 e. The van der Waals surface area contributed by atoms with Gasteiger partial charge in [0.15, 0.2) is 0 Å². The molecule has 2 aromatic rings. The maximum atomic E-state index is 12.2. The van der Waals surface area contributed by atoms with Gasteiger partial charge in [-0.25, -0.2) is 0 Å². The third-order valence-corrected chi connectivity index (χ3v) is 3.73. The molecule has 0 bridgehead atoms. The first-order valence-electron chi connectivity index (χ1n) is 7.36. The minimum atomic E-state index is -0.128. The molecular weight excluding hydrogens is 298 g/mol. The van der Waals surface area contributed by atoms with E-state index in [1.54, 1.807) is 12.4 Å². The van der Waals surface area contributed by atoms with Gasteiger partial charge < -0.3 is 10.2 Å². The van der Waals surface area contributed by atoms with Crippen molar-refractivity contribution in [3.63, 3.8) is 0 Å². The number of hydrogen-bond acceptors (Lipinski definition) is 3. The fourth-order valence-corrected chi connectivity index (χ4v) is 2.33. The van der Waals surface area contributed by atoms with E-state index in [0.717, 1.165) is 24.3 Å². The van der Waals surface area contributed by atoms with E-state index in [9.17, 15) is 4.79 Å². The van der Waals surface area contributed by atoms with Crippen molar-refractivity contribution in [2.75, 3.05) is 18.0 Å². The number of benzene rings is 1. The van der Waals surface area contributed by atoms with Crippen molar-refractivity contribution >= 4 is 23.2 Å². The van der Waals surface area contributed by atoms with E-state index < -0.39 is 0 Å². The van der Waals surface area contributed by atoms with Gasteiger partial charge in [0.05, 0.1) is 17.4 Å². The molecule has 1 aromatic carbocycles. The van der Waals surface area contributed by atoms with Gasteiger partial charge >= 0.3 is 0 Å². The predicted octanol–water partition coefficient (Wildman–Crippen LogP) is 3.51. The van der Waals surface area contributed by atoms with Crippen LogP contribution in [0.2, 0.25) is 5.02 Å². The number of rotatable bonds is 6. The normalized spacial score (nSPS) is 10.3. The third kappa shape index (κ3) is 4.21. The molecule has 0 fully saturated rings. The van der Waals surface area contributed by atoms with Gasteiger partial charge in [-0.1, -0.05) is 23.7 Å². The van der Waals surface area contributed by atoms with E-state index in [1.807, 2.05) is 30.3 Å². The Morgan fingerprint density at radius 2 is 1.86 bits per heavy atom. The summed E-state index contributed by atoms with van der Waals surface area (Å²) in [6.45, 7) is 6.39. The Hall–Kier alpha value is -2.07. The van der Waals surface area contributed by atoms with Crippen molar-refractivity contribution in [2.24, 2.45) is 0 Å². The van der Waals surface area contributed by atoms with Crippen molar-refractivity contribution in [2.45, 2.75) is 20.4 Å². The van der Waals surface area contributed by atoms with Crippen molar-refractivity contribution in [3.8, 4) is 0 Å². The highest BCUT2D eigenvalue weighted by Gasteiger charge is 2.09. The van der Waals surface area contributed by atoms with Gasteiger partial charge in [0.25, 0.3) is 5.91 Å². The second-order valence-corrected chi connectivity index (χ2v) is 5.35. The Morgan fingerprint density at radius 1 is 1.18 bits per heavy atom. The van der Waals surface area contributed by atoms with Crippen LogP contribution in [0.25, 0.3) is 0 Å². The van der Waals surface area contributed by atoms with Crippen LogP contribution in [0, 0.1) is 0 Å². The Bertz CT molecular complexity index is 624. The maximum absolute atomic E-state index is 12.2. The summed E-state index contributed by atoms with van der Waals surface area (Å²) in [7, 11) is 0. The molecule has 1 heterocycles. The molecule has 116 valence electrons. The molecule has 0 atom stereocenters. The van der Waals surface area contributed by atoms with Crippen LogP contribution in [0.15, 0.2) is 42.7 Å². The van der Waals surface area contributed by atoms with Gasteiger partial charge in [0.1, 0.15) is 0 Å². The van der Waals surface area contributed by atoms with Gasteiger partial charge in [-0.2, -0.15) is 0 Å². The first-order valence-corrected chi connectivity index (χ1v) is 7.74. The molecular formula is C17H20ClN3O. The monoisotopic (exact) mass is 317 g/mol. The third-order valence-electron chi connectivity index (χ3n) is 3.48. The lowest BCUT2D eigenvalue weighted by Crippen LogP contribution is -2.25. The number of amides is 1. The standard InChI is InChI=1S/C17H20ClN3O/c1-3-21(4-2)16-9-14(11-19-12-16)17(22)20-10-13-5-7-15(18)8-6-13/h5-9,11-12H,3-4,10H2,1-2H3,(H,20,22). The van der Waals surface area contributed by atoms with Crippen LogP contribution in [0.5, 0.6) is 0 Å². The zero-order chi connectivity index (χ0) is 15.9. The average molecular weight is 318 g/mol. The number of halogens is 1. The zero-order valence-corrected chi connectivity index (χ0v) is 13.6. The molecule has 0 unspecified atom stereocenters. The van der Waals surface area contributed by atoms with Crippen LogP contribution >= 0.6 is 11.6 Å². The molecule has 4 nitrogen and oxygen atoms in total. The number of aromatic nitrogens is 1. The molecule has 0 aliphatic carbocycles. The van der Waals surface area contributed by atoms with Gasteiger partial charge in [-0.15, -0.1) is 0 Å². The highest BCUT2D eigenvalue weighted by Crippen LogP contribution is 2.14.